The predicted molar refractivity (Wildman–Crippen MR) is 145 cm³/mol. The van der Waals surface area contributed by atoms with E-state index in [1.165, 1.54) is 12.1 Å². The van der Waals surface area contributed by atoms with Crippen LogP contribution in [0.4, 0.5) is 5.69 Å². The molecule has 2 heterocycles. The SMILES string of the molecule is Cc1cc([C@@H](C)Nc2ccc(Cl)nc2S(N)(=O)=O)c2oc(-c3ccccc3)c(/C(C=N)=C/O)c(=O)c2c1. The molecule has 0 spiro atoms. The lowest BCUT2D eigenvalue weighted by atomic mass is 9.96. The topological polar surface area (TPSA) is 159 Å². The summed E-state index contributed by atoms with van der Waals surface area (Å²) in [4.78, 5) is 17.6. The summed E-state index contributed by atoms with van der Waals surface area (Å²) in [7, 11) is -4.19. The average molecular weight is 539 g/mol. The van der Waals surface area contributed by atoms with Crippen molar-refractivity contribution >= 4 is 50.1 Å². The number of rotatable bonds is 7. The van der Waals surface area contributed by atoms with Crippen LogP contribution >= 0.6 is 11.6 Å². The van der Waals surface area contributed by atoms with E-state index in [0.717, 1.165) is 11.8 Å². The molecule has 0 aliphatic heterocycles. The monoisotopic (exact) mass is 538 g/mol. The normalized spacial score (nSPS) is 12.9. The molecule has 1 atom stereocenters. The van der Waals surface area contributed by atoms with Gasteiger partial charge >= 0.3 is 0 Å². The van der Waals surface area contributed by atoms with Gasteiger partial charge in [-0.3, -0.25) is 4.79 Å². The van der Waals surface area contributed by atoms with Gasteiger partial charge in [-0.25, -0.2) is 18.5 Å². The third-order valence-corrected chi connectivity index (χ3v) is 6.78. The number of pyridine rings is 1. The average Bonchev–Trinajstić information content (AvgIpc) is 2.86. The van der Waals surface area contributed by atoms with Gasteiger partial charge in [-0.2, -0.15) is 0 Å². The van der Waals surface area contributed by atoms with Gasteiger partial charge in [-0.15, -0.1) is 0 Å². The summed E-state index contributed by atoms with van der Waals surface area (Å²) in [5.74, 6) is 0.178. The first-order valence-electron chi connectivity index (χ1n) is 11.0. The Bertz CT molecular complexity index is 1720. The van der Waals surface area contributed by atoms with Gasteiger partial charge in [-0.1, -0.05) is 48.0 Å². The Morgan fingerprint density at radius 2 is 1.92 bits per heavy atom. The molecule has 2 aromatic heterocycles. The number of aryl methyl sites for hydroxylation is 1. The molecule has 9 nitrogen and oxygen atoms in total. The molecule has 0 saturated carbocycles. The van der Waals surface area contributed by atoms with Crippen LogP contribution in [0.1, 0.15) is 29.7 Å². The Hall–Kier alpha value is -3.99. The van der Waals surface area contributed by atoms with Gasteiger partial charge in [0.25, 0.3) is 10.0 Å². The summed E-state index contributed by atoms with van der Waals surface area (Å²) >= 11 is 5.89. The molecule has 0 bridgehead atoms. The van der Waals surface area contributed by atoms with Crippen molar-refractivity contribution in [1.29, 1.82) is 5.41 Å². The highest BCUT2D eigenvalue weighted by atomic mass is 35.5. The number of sulfonamides is 1. The summed E-state index contributed by atoms with van der Waals surface area (Å²) in [6.45, 7) is 3.57. The fourth-order valence-electron chi connectivity index (χ4n) is 4.08. The number of nitrogens with one attached hydrogen (secondary N) is 2. The minimum Gasteiger partial charge on any atom is -0.515 e. The van der Waals surface area contributed by atoms with Gasteiger partial charge in [0.2, 0.25) is 5.43 Å². The molecule has 0 aliphatic rings. The molecule has 4 rings (SSSR count). The van der Waals surface area contributed by atoms with Crippen molar-refractivity contribution in [2.75, 3.05) is 5.32 Å². The smallest absolute Gasteiger partial charge is 0.257 e. The maximum Gasteiger partial charge on any atom is 0.257 e. The molecule has 2 aromatic carbocycles. The van der Waals surface area contributed by atoms with Gasteiger partial charge in [0.1, 0.15) is 16.5 Å². The van der Waals surface area contributed by atoms with E-state index in [1.807, 2.05) is 12.1 Å². The lowest BCUT2D eigenvalue weighted by molar-refractivity contribution is 0.476. The number of aliphatic hydroxyl groups excluding tert-OH is 1. The van der Waals surface area contributed by atoms with Crippen LogP contribution in [0.2, 0.25) is 5.15 Å². The van der Waals surface area contributed by atoms with Crippen molar-refractivity contribution in [1.82, 2.24) is 4.98 Å². The van der Waals surface area contributed by atoms with Crippen LogP contribution in [0, 0.1) is 12.3 Å². The van der Waals surface area contributed by atoms with E-state index >= 15 is 0 Å². The van der Waals surface area contributed by atoms with Gasteiger partial charge in [0.05, 0.1) is 28.9 Å². The first-order chi connectivity index (χ1) is 17.5. The quantitative estimate of drug-likeness (QED) is 0.143. The third kappa shape index (κ3) is 5.12. The number of primary sulfonamides is 1. The number of anilines is 1. The molecular weight excluding hydrogens is 516 g/mol. The number of nitrogens with zero attached hydrogens (tertiary/aromatic N) is 1. The molecular formula is C26H23ClN4O5S. The summed E-state index contributed by atoms with van der Waals surface area (Å²) in [6.07, 6.45) is 1.58. The fraction of sp³-hybridized carbons (Fsp3) is 0.115. The van der Waals surface area contributed by atoms with E-state index in [0.29, 0.717) is 17.4 Å². The Kier molecular flexibility index (Phi) is 7.17. The molecule has 0 radical (unpaired) electrons. The number of hydrogen-bond acceptors (Lipinski definition) is 8. The van der Waals surface area contributed by atoms with Crippen molar-refractivity contribution in [3.8, 4) is 11.3 Å². The maximum atomic E-state index is 13.7. The van der Waals surface area contributed by atoms with Crippen molar-refractivity contribution in [2.45, 2.75) is 24.9 Å². The summed E-state index contributed by atoms with van der Waals surface area (Å²) in [6, 6.07) is 14.7. The first kappa shape index (κ1) is 26.1. The molecule has 0 fully saturated rings. The van der Waals surface area contributed by atoms with E-state index in [4.69, 9.17) is 26.6 Å². The first-order valence-corrected chi connectivity index (χ1v) is 13.0. The van der Waals surface area contributed by atoms with Crippen LogP contribution in [0.3, 0.4) is 0 Å². The molecule has 37 heavy (non-hydrogen) atoms. The third-order valence-electron chi connectivity index (χ3n) is 5.72. The second kappa shape index (κ2) is 10.2. The molecule has 190 valence electrons. The highest BCUT2D eigenvalue weighted by molar-refractivity contribution is 7.89. The predicted octanol–water partition coefficient (Wildman–Crippen LogP) is 5.19. The number of fused-ring (bicyclic) bond motifs is 1. The van der Waals surface area contributed by atoms with Crippen LogP contribution in [-0.2, 0) is 10.0 Å². The fourth-order valence-corrected chi connectivity index (χ4v) is 4.94. The number of nitrogens with two attached hydrogens (primary N) is 1. The van der Waals surface area contributed by atoms with Gasteiger partial charge in [0, 0.05) is 22.9 Å². The van der Waals surface area contributed by atoms with Crippen LogP contribution in [0.5, 0.6) is 0 Å². The summed E-state index contributed by atoms with van der Waals surface area (Å²) in [5, 5.41) is 25.7. The van der Waals surface area contributed by atoms with E-state index in [2.05, 4.69) is 10.3 Å². The molecule has 0 amide bonds. The van der Waals surface area contributed by atoms with Crippen LogP contribution in [-0.4, -0.2) is 24.7 Å². The van der Waals surface area contributed by atoms with E-state index in [-0.39, 0.29) is 38.7 Å². The summed E-state index contributed by atoms with van der Waals surface area (Å²) in [5.41, 5.74) is 1.89. The Morgan fingerprint density at radius 3 is 2.54 bits per heavy atom. The zero-order valence-electron chi connectivity index (χ0n) is 19.8. The number of aliphatic hydroxyl groups is 1. The van der Waals surface area contributed by atoms with Crippen molar-refractivity contribution in [3.63, 3.8) is 0 Å². The van der Waals surface area contributed by atoms with Crippen molar-refractivity contribution in [2.24, 2.45) is 5.14 Å². The number of aromatic nitrogens is 1. The number of halogens is 1. The van der Waals surface area contributed by atoms with E-state index in [1.54, 1.807) is 44.2 Å². The number of hydrogen-bond donors (Lipinski definition) is 4. The molecule has 0 aliphatic carbocycles. The van der Waals surface area contributed by atoms with E-state index < -0.39 is 26.5 Å². The second-order valence-electron chi connectivity index (χ2n) is 8.36. The highest BCUT2D eigenvalue weighted by Gasteiger charge is 2.24. The van der Waals surface area contributed by atoms with E-state index in [9.17, 15) is 18.3 Å². The second-order valence-corrected chi connectivity index (χ2v) is 10.2. The highest BCUT2D eigenvalue weighted by Crippen LogP contribution is 2.34. The molecule has 5 N–H and O–H groups in total. The summed E-state index contributed by atoms with van der Waals surface area (Å²) < 4.78 is 30.5. The zero-order valence-corrected chi connectivity index (χ0v) is 21.4. The molecule has 4 aromatic rings. The van der Waals surface area contributed by atoms with Gasteiger partial charge < -0.3 is 20.2 Å². The molecule has 11 heteroatoms. The number of benzene rings is 2. The maximum absolute atomic E-state index is 13.7. The minimum atomic E-state index is -4.19. The van der Waals surface area contributed by atoms with Crippen LogP contribution in [0.25, 0.3) is 27.9 Å². The van der Waals surface area contributed by atoms with Gasteiger partial charge in [0.15, 0.2) is 5.03 Å². The van der Waals surface area contributed by atoms with Crippen molar-refractivity contribution in [3.05, 3.63) is 92.9 Å². The van der Waals surface area contributed by atoms with Crippen molar-refractivity contribution < 1.29 is 17.9 Å². The van der Waals surface area contributed by atoms with Crippen LogP contribution < -0.4 is 15.9 Å². The largest absolute Gasteiger partial charge is 0.515 e. The van der Waals surface area contributed by atoms with Crippen LogP contribution in [0.15, 0.2) is 75.1 Å². The zero-order chi connectivity index (χ0) is 26.9. The molecule has 0 unspecified atom stereocenters. The number of allylic oxidation sites excluding steroid dienone is 1. The Morgan fingerprint density at radius 1 is 1.22 bits per heavy atom. The lowest BCUT2D eigenvalue weighted by Gasteiger charge is -2.20. The molecule has 0 saturated heterocycles. The lowest BCUT2D eigenvalue weighted by Crippen LogP contribution is -2.19. The Balaban J connectivity index is 1.98. The Labute approximate surface area is 217 Å². The van der Waals surface area contributed by atoms with Gasteiger partial charge in [-0.05, 0) is 37.6 Å². The minimum absolute atomic E-state index is 0.00577. The standard InChI is InChI=1S/C26H23ClN4O5S/c1-14-10-18(15(2)30-20-8-9-21(27)31-26(20)37(29,34)35)25-19(11-14)23(33)22(17(12-28)13-32)24(36-25)16-6-4-3-5-7-16/h3-13,15,28,30,32H,1-2H3,(H2,29,34,35)/b17-13+,28-12?/t15-/m1/s1.